The second-order valence-corrected chi connectivity index (χ2v) is 7.53. The molecule has 2 rings (SSSR count). The molecule has 1 aromatic rings. The van der Waals surface area contributed by atoms with Crippen molar-refractivity contribution >= 4 is 22.4 Å². The van der Waals surface area contributed by atoms with E-state index in [1.165, 1.54) is 4.31 Å². The van der Waals surface area contributed by atoms with E-state index in [9.17, 15) is 8.42 Å². The predicted octanol–water partition coefficient (Wildman–Crippen LogP) is 1.86. The Kier molecular flexibility index (Phi) is 6.46. The van der Waals surface area contributed by atoms with E-state index < -0.39 is 10.0 Å². The standard InChI is InChI=1S/C14H22N2O3S.ClH/c1-11(2)10-19-13-3-5-14(6-4-13)20(17,18)16-8-7-12(15)9-16;/h3-6,11-12H,7-10,15H2,1-2H3;1H/t12-;/m1./s1. The van der Waals surface area contributed by atoms with Gasteiger partial charge in [-0.15, -0.1) is 12.4 Å². The average molecular weight is 335 g/mol. The summed E-state index contributed by atoms with van der Waals surface area (Å²) in [4.78, 5) is 0.295. The maximum Gasteiger partial charge on any atom is 0.243 e. The summed E-state index contributed by atoms with van der Waals surface area (Å²) >= 11 is 0. The van der Waals surface area contributed by atoms with Crippen LogP contribution < -0.4 is 10.5 Å². The van der Waals surface area contributed by atoms with E-state index in [-0.39, 0.29) is 18.4 Å². The second-order valence-electron chi connectivity index (χ2n) is 5.59. The molecule has 0 bridgehead atoms. The molecule has 120 valence electrons. The Bertz CT molecular complexity index is 546. The first-order valence-electron chi connectivity index (χ1n) is 6.88. The van der Waals surface area contributed by atoms with Gasteiger partial charge >= 0.3 is 0 Å². The average Bonchev–Trinajstić information content (AvgIpc) is 2.84. The summed E-state index contributed by atoms with van der Waals surface area (Å²) in [6, 6.07) is 6.53. The van der Waals surface area contributed by atoms with Crippen molar-refractivity contribution in [2.45, 2.75) is 31.2 Å². The summed E-state index contributed by atoms with van der Waals surface area (Å²) in [5, 5.41) is 0. The molecule has 0 unspecified atom stereocenters. The molecule has 7 heteroatoms. The lowest BCUT2D eigenvalue weighted by Gasteiger charge is -2.16. The first kappa shape index (κ1) is 18.2. The van der Waals surface area contributed by atoms with Crippen LogP contribution in [-0.2, 0) is 10.0 Å². The van der Waals surface area contributed by atoms with E-state index in [0.29, 0.717) is 36.3 Å². The lowest BCUT2D eigenvalue weighted by atomic mass is 10.2. The highest BCUT2D eigenvalue weighted by molar-refractivity contribution is 7.89. The lowest BCUT2D eigenvalue weighted by Crippen LogP contribution is -2.31. The van der Waals surface area contributed by atoms with E-state index in [1.807, 2.05) is 0 Å². The highest BCUT2D eigenvalue weighted by atomic mass is 35.5. The largest absolute Gasteiger partial charge is 0.493 e. The van der Waals surface area contributed by atoms with Crippen molar-refractivity contribution < 1.29 is 13.2 Å². The lowest BCUT2D eigenvalue weighted by molar-refractivity contribution is 0.271. The van der Waals surface area contributed by atoms with Gasteiger partial charge in [0.1, 0.15) is 5.75 Å². The van der Waals surface area contributed by atoms with Crippen LogP contribution in [0.2, 0.25) is 0 Å². The van der Waals surface area contributed by atoms with Gasteiger partial charge in [0.2, 0.25) is 10.0 Å². The highest BCUT2D eigenvalue weighted by Gasteiger charge is 2.30. The van der Waals surface area contributed by atoms with Crippen molar-refractivity contribution in [1.29, 1.82) is 0 Å². The quantitative estimate of drug-likeness (QED) is 0.892. The van der Waals surface area contributed by atoms with E-state index in [1.54, 1.807) is 24.3 Å². The van der Waals surface area contributed by atoms with Crippen molar-refractivity contribution in [3.05, 3.63) is 24.3 Å². The Morgan fingerprint density at radius 1 is 1.33 bits per heavy atom. The molecule has 5 nitrogen and oxygen atoms in total. The monoisotopic (exact) mass is 334 g/mol. The van der Waals surface area contributed by atoms with Crippen LogP contribution in [-0.4, -0.2) is 38.5 Å². The van der Waals surface area contributed by atoms with Crippen LogP contribution in [0.25, 0.3) is 0 Å². The topological polar surface area (TPSA) is 72.6 Å². The smallest absolute Gasteiger partial charge is 0.243 e. The first-order chi connectivity index (χ1) is 9.39. The number of nitrogens with zero attached hydrogens (tertiary/aromatic N) is 1. The molecule has 2 N–H and O–H groups in total. The molecule has 1 heterocycles. The number of halogens is 1. The molecule has 0 spiro atoms. The van der Waals surface area contributed by atoms with Crippen LogP contribution in [0.1, 0.15) is 20.3 Å². The first-order valence-corrected chi connectivity index (χ1v) is 8.32. The van der Waals surface area contributed by atoms with E-state index in [2.05, 4.69) is 13.8 Å². The molecule has 1 fully saturated rings. The van der Waals surface area contributed by atoms with Crippen molar-refractivity contribution in [1.82, 2.24) is 4.31 Å². The van der Waals surface area contributed by atoms with Crippen molar-refractivity contribution in [2.24, 2.45) is 11.7 Å². The summed E-state index contributed by atoms with van der Waals surface area (Å²) in [5.74, 6) is 1.13. The van der Waals surface area contributed by atoms with Gasteiger partial charge in [0.25, 0.3) is 0 Å². The zero-order chi connectivity index (χ0) is 14.8. The van der Waals surface area contributed by atoms with Gasteiger partial charge in [-0.3, -0.25) is 0 Å². The molecular weight excluding hydrogens is 312 g/mol. The molecule has 1 atom stereocenters. The zero-order valence-electron chi connectivity index (χ0n) is 12.4. The number of hydrogen-bond donors (Lipinski definition) is 1. The van der Waals surface area contributed by atoms with Gasteiger partial charge in [0.05, 0.1) is 11.5 Å². The fourth-order valence-electron chi connectivity index (χ4n) is 2.09. The van der Waals surface area contributed by atoms with Gasteiger partial charge < -0.3 is 10.5 Å². The predicted molar refractivity (Wildman–Crippen MR) is 85.4 cm³/mol. The van der Waals surface area contributed by atoms with Gasteiger partial charge in [-0.2, -0.15) is 4.31 Å². The second kappa shape index (κ2) is 7.45. The molecule has 1 aliphatic rings. The van der Waals surface area contributed by atoms with Gasteiger partial charge in [-0.25, -0.2) is 8.42 Å². The third-order valence-corrected chi connectivity index (χ3v) is 5.11. The number of sulfonamides is 1. The molecule has 1 aromatic carbocycles. The third kappa shape index (κ3) is 4.57. The van der Waals surface area contributed by atoms with Crippen LogP contribution in [0.3, 0.4) is 0 Å². The van der Waals surface area contributed by atoms with Crippen LogP contribution in [0.5, 0.6) is 5.75 Å². The fraction of sp³-hybridized carbons (Fsp3) is 0.571. The Hall–Kier alpha value is -0.820. The summed E-state index contributed by atoms with van der Waals surface area (Å²) < 4.78 is 31.8. The maximum absolute atomic E-state index is 12.4. The zero-order valence-corrected chi connectivity index (χ0v) is 14.0. The van der Waals surface area contributed by atoms with Gasteiger partial charge in [-0.05, 0) is 36.6 Å². The minimum Gasteiger partial charge on any atom is -0.493 e. The van der Waals surface area contributed by atoms with Crippen molar-refractivity contribution in [2.75, 3.05) is 19.7 Å². The number of benzene rings is 1. The molecule has 1 aliphatic heterocycles. The Balaban J connectivity index is 0.00000220. The van der Waals surface area contributed by atoms with Crippen LogP contribution in [0, 0.1) is 5.92 Å². The summed E-state index contributed by atoms with van der Waals surface area (Å²) in [5.41, 5.74) is 5.77. The Morgan fingerprint density at radius 2 is 1.95 bits per heavy atom. The SMILES string of the molecule is CC(C)COc1ccc(S(=O)(=O)N2CC[C@@H](N)C2)cc1.Cl. The van der Waals surface area contributed by atoms with Crippen LogP contribution >= 0.6 is 12.4 Å². The maximum atomic E-state index is 12.4. The number of ether oxygens (including phenoxy) is 1. The van der Waals surface area contributed by atoms with E-state index in [4.69, 9.17) is 10.5 Å². The van der Waals surface area contributed by atoms with Gasteiger partial charge in [0, 0.05) is 19.1 Å². The molecule has 0 radical (unpaired) electrons. The number of nitrogens with two attached hydrogens (primary N) is 1. The highest BCUT2D eigenvalue weighted by Crippen LogP contribution is 2.22. The minimum atomic E-state index is -3.42. The van der Waals surface area contributed by atoms with E-state index in [0.717, 1.165) is 6.42 Å². The molecule has 0 aliphatic carbocycles. The Morgan fingerprint density at radius 3 is 2.43 bits per heavy atom. The van der Waals surface area contributed by atoms with Crippen LogP contribution in [0.15, 0.2) is 29.2 Å². The summed E-state index contributed by atoms with van der Waals surface area (Å²) in [7, 11) is -3.42. The van der Waals surface area contributed by atoms with E-state index >= 15 is 0 Å². The molecule has 0 amide bonds. The summed E-state index contributed by atoms with van der Waals surface area (Å²) in [6.45, 7) is 5.64. The third-order valence-electron chi connectivity index (χ3n) is 3.23. The molecular formula is C14H23ClN2O3S. The van der Waals surface area contributed by atoms with Gasteiger partial charge in [-0.1, -0.05) is 13.8 Å². The normalized spacial score (nSPS) is 19.5. The number of hydrogen-bond acceptors (Lipinski definition) is 4. The molecule has 1 saturated heterocycles. The Labute approximate surface area is 132 Å². The summed E-state index contributed by atoms with van der Waals surface area (Å²) in [6.07, 6.45) is 0.717. The minimum absolute atomic E-state index is 0. The molecule has 0 saturated carbocycles. The van der Waals surface area contributed by atoms with Crippen molar-refractivity contribution in [3.8, 4) is 5.75 Å². The van der Waals surface area contributed by atoms with Crippen LogP contribution in [0.4, 0.5) is 0 Å². The fourth-order valence-corrected chi connectivity index (χ4v) is 3.60. The molecule has 0 aromatic heterocycles. The number of rotatable bonds is 5. The molecule has 21 heavy (non-hydrogen) atoms. The van der Waals surface area contributed by atoms with Crippen molar-refractivity contribution in [3.63, 3.8) is 0 Å². The van der Waals surface area contributed by atoms with Gasteiger partial charge in [0.15, 0.2) is 0 Å².